The molecule has 0 aliphatic rings. The maximum absolute atomic E-state index is 10.3. The molecule has 1 N–H and O–H groups in total. The second kappa shape index (κ2) is 17.7. The maximum Gasteiger partial charge on any atom is 0.307 e. The first-order valence-electron chi connectivity index (χ1n) is 8.94. The highest BCUT2D eigenvalue weighted by Crippen LogP contribution is 2.05. The molecule has 22 heavy (non-hydrogen) atoms. The van der Waals surface area contributed by atoms with Gasteiger partial charge >= 0.3 is 5.97 Å². The predicted molar refractivity (Wildman–Crippen MR) is 96.1 cm³/mol. The molecule has 0 aromatic heterocycles. The standard InChI is InChI=1S/C20H34O2/c1-2-3-4-5-6-7-8-9-10-11-12-13-14-15-16-17-18-19-20(21)22/h6-7,12-13,17-18H,2-5,8-11,14-16,19H2,1H3,(H,21,22)/b7-6+,13-12+,18-17+. The van der Waals surface area contributed by atoms with Crippen molar-refractivity contribution in [2.75, 3.05) is 0 Å². The summed E-state index contributed by atoms with van der Waals surface area (Å²) in [4.78, 5) is 10.3. The molecule has 0 heterocycles. The minimum absolute atomic E-state index is 0.142. The Bertz CT molecular complexity index is 327. The summed E-state index contributed by atoms with van der Waals surface area (Å²) in [7, 11) is 0. The Kier molecular flexibility index (Phi) is 16.7. The summed E-state index contributed by atoms with van der Waals surface area (Å²) < 4.78 is 0. The third-order valence-electron chi connectivity index (χ3n) is 3.50. The highest BCUT2D eigenvalue weighted by Gasteiger charge is 1.88. The van der Waals surface area contributed by atoms with Gasteiger partial charge < -0.3 is 5.11 Å². The molecule has 0 unspecified atom stereocenters. The van der Waals surface area contributed by atoms with E-state index in [1.807, 2.05) is 6.08 Å². The number of rotatable bonds is 15. The molecular weight excluding hydrogens is 272 g/mol. The van der Waals surface area contributed by atoms with Gasteiger partial charge in [-0.25, -0.2) is 0 Å². The smallest absolute Gasteiger partial charge is 0.307 e. The Labute approximate surface area is 137 Å². The molecule has 126 valence electrons. The van der Waals surface area contributed by atoms with Crippen LogP contribution in [0.15, 0.2) is 36.5 Å². The van der Waals surface area contributed by atoms with E-state index in [1.54, 1.807) is 6.08 Å². The van der Waals surface area contributed by atoms with Crippen molar-refractivity contribution in [1.29, 1.82) is 0 Å². The van der Waals surface area contributed by atoms with Crippen molar-refractivity contribution < 1.29 is 9.90 Å². The fraction of sp³-hybridized carbons (Fsp3) is 0.650. The van der Waals surface area contributed by atoms with Gasteiger partial charge in [-0.2, -0.15) is 0 Å². The highest BCUT2D eigenvalue weighted by molar-refractivity contribution is 5.68. The first-order valence-corrected chi connectivity index (χ1v) is 8.94. The van der Waals surface area contributed by atoms with Crippen LogP contribution in [0.4, 0.5) is 0 Å². The lowest BCUT2D eigenvalue weighted by Gasteiger charge is -1.95. The minimum Gasteiger partial charge on any atom is -0.481 e. The zero-order chi connectivity index (χ0) is 16.3. The molecule has 0 atom stereocenters. The molecule has 0 rings (SSSR count). The number of allylic oxidation sites excluding steroid dienone is 5. The topological polar surface area (TPSA) is 37.3 Å². The van der Waals surface area contributed by atoms with Crippen molar-refractivity contribution in [1.82, 2.24) is 0 Å². The van der Waals surface area contributed by atoms with E-state index in [4.69, 9.17) is 5.11 Å². The van der Waals surface area contributed by atoms with Crippen molar-refractivity contribution in [2.45, 2.75) is 84.0 Å². The number of aliphatic carboxylic acids is 1. The van der Waals surface area contributed by atoms with Crippen LogP contribution in [0.5, 0.6) is 0 Å². The van der Waals surface area contributed by atoms with E-state index in [-0.39, 0.29) is 6.42 Å². The van der Waals surface area contributed by atoms with Crippen LogP contribution in [0, 0.1) is 0 Å². The molecule has 0 spiro atoms. The average Bonchev–Trinajstić information content (AvgIpc) is 2.50. The molecule has 0 saturated heterocycles. The molecule has 0 saturated carbocycles. The largest absolute Gasteiger partial charge is 0.481 e. The van der Waals surface area contributed by atoms with E-state index in [2.05, 4.69) is 31.2 Å². The summed E-state index contributed by atoms with van der Waals surface area (Å²) in [6.45, 7) is 2.24. The molecule has 0 aromatic carbocycles. The van der Waals surface area contributed by atoms with Crippen molar-refractivity contribution in [3.05, 3.63) is 36.5 Å². The third kappa shape index (κ3) is 18.7. The Hall–Kier alpha value is -1.31. The quantitative estimate of drug-likeness (QED) is 0.279. The van der Waals surface area contributed by atoms with Crippen LogP contribution in [0.25, 0.3) is 0 Å². The van der Waals surface area contributed by atoms with Gasteiger partial charge in [-0.3, -0.25) is 4.79 Å². The second-order valence-corrected chi connectivity index (χ2v) is 5.72. The van der Waals surface area contributed by atoms with E-state index in [1.165, 1.54) is 51.4 Å². The monoisotopic (exact) mass is 306 g/mol. The number of carboxylic acids is 1. The maximum atomic E-state index is 10.3. The Morgan fingerprint density at radius 2 is 1.09 bits per heavy atom. The number of hydrogen-bond donors (Lipinski definition) is 1. The Balaban J connectivity index is 3.24. The number of carbonyl (C=O) groups is 1. The van der Waals surface area contributed by atoms with Crippen molar-refractivity contribution in [3.8, 4) is 0 Å². The molecular formula is C20H34O2. The van der Waals surface area contributed by atoms with Gasteiger partial charge in [0.05, 0.1) is 6.42 Å². The lowest BCUT2D eigenvalue weighted by Crippen LogP contribution is -1.89. The lowest BCUT2D eigenvalue weighted by molar-refractivity contribution is -0.136. The molecule has 0 aromatic rings. The predicted octanol–water partition coefficient (Wildman–Crippen LogP) is 6.44. The Morgan fingerprint density at radius 3 is 1.55 bits per heavy atom. The summed E-state index contributed by atoms with van der Waals surface area (Å²) in [5.41, 5.74) is 0. The summed E-state index contributed by atoms with van der Waals surface area (Å²) in [5.74, 6) is -0.757. The van der Waals surface area contributed by atoms with Crippen molar-refractivity contribution >= 4 is 5.97 Å². The highest BCUT2D eigenvalue weighted by atomic mass is 16.4. The minimum atomic E-state index is -0.757. The van der Waals surface area contributed by atoms with E-state index in [0.29, 0.717) is 0 Å². The first kappa shape index (κ1) is 20.7. The van der Waals surface area contributed by atoms with Gasteiger partial charge in [-0.15, -0.1) is 0 Å². The lowest BCUT2D eigenvalue weighted by atomic mass is 10.1. The van der Waals surface area contributed by atoms with E-state index < -0.39 is 5.97 Å². The van der Waals surface area contributed by atoms with Gasteiger partial charge in [0.1, 0.15) is 0 Å². The summed E-state index contributed by atoms with van der Waals surface area (Å²) in [5, 5.41) is 8.47. The molecule has 0 radical (unpaired) electrons. The molecule has 2 heteroatoms. The van der Waals surface area contributed by atoms with Crippen LogP contribution < -0.4 is 0 Å². The van der Waals surface area contributed by atoms with E-state index in [0.717, 1.165) is 19.3 Å². The molecule has 0 amide bonds. The van der Waals surface area contributed by atoms with Crippen molar-refractivity contribution in [2.24, 2.45) is 0 Å². The fourth-order valence-corrected chi connectivity index (χ4v) is 2.16. The molecule has 0 fully saturated rings. The number of unbranched alkanes of at least 4 members (excludes halogenated alkanes) is 8. The van der Waals surface area contributed by atoms with E-state index in [9.17, 15) is 4.79 Å². The SMILES string of the molecule is CCCCC/C=C/CCCC/C=C/CCC/C=C/CC(=O)O. The van der Waals surface area contributed by atoms with Gasteiger partial charge in [-0.1, -0.05) is 56.2 Å². The second-order valence-electron chi connectivity index (χ2n) is 5.72. The Morgan fingerprint density at radius 1 is 0.682 bits per heavy atom. The van der Waals surface area contributed by atoms with Crippen LogP contribution >= 0.6 is 0 Å². The summed E-state index contributed by atoms with van der Waals surface area (Å²) in [6.07, 6.45) is 26.4. The van der Waals surface area contributed by atoms with Crippen LogP contribution in [-0.4, -0.2) is 11.1 Å². The summed E-state index contributed by atoms with van der Waals surface area (Å²) in [6, 6.07) is 0. The summed E-state index contributed by atoms with van der Waals surface area (Å²) >= 11 is 0. The molecule has 0 bridgehead atoms. The normalized spacial score (nSPS) is 12.0. The molecule has 0 aliphatic heterocycles. The van der Waals surface area contributed by atoms with E-state index >= 15 is 0 Å². The average molecular weight is 306 g/mol. The first-order chi connectivity index (χ1) is 10.8. The van der Waals surface area contributed by atoms with Gasteiger partial charge in [0.15, 0.2) is 0 Å². The van der Waals surface area contributed by atoms with Gasteiger partial charge in [0, 0.05) is 0 Å². The fourth-order valence-electron chi connectivity index (χ4n) is 2.16. The van der Waals surface area contributed by atoms with Gasteiger partial charge in [0.2, 0.25) is 0 Å². The molecule has 2 nitrogen and oxygen atoms in total. The van der Waals surface area contributed by atoms with Crippen LogP contribution in [-0.2, 0) is 4.79 Å². The number of carboxylic acid groups (broad SMARTS) is 1. The van der Waals surface area contributed by atoms with Crippen LogP contribution in [0.2, 0.25) is 0 Å². The zero-order valence-corrected chi connectivity index (χ0v) is 14.3. The van der Waals surface area contributed by atoms with Crippen LogP contribution in [0.1, 0.15) is 84.0 Å². The van der Waals surface area contributed by atoms with Gasteiger partial charge in [-0.05, 0) is 57.8 Å². The molecule has 0 aliphatic carbocycles. The van der Waals surface area contributed by atoms with Gasteiger partial charge in [0.25, 0.3) is 0 Å². The third-order valence-corrected chi connectivity index (χ3v) is 3.50. The number of hydrogen-bond acceptors (Lipinski definition) is 1. The van der Waals surface area contributed by atoms with Crippen LogP contribution in [0.3, 0.4) is 0 Å². The van der Waals surface area contributed by atoms with Crippen molar-refractivity contribution in [3.63, 3.8) is 0 Å². The zero-order valence-electron chi connectivity index (χ0n) is 14.3.